The molecule has 1 amide bonds. The van der Waals surface area contributed by atoms with Crippen LogP contribution in [-0.4, -0.2) is 29.6 Å². The number of amides is 1. The van der Waals surface area contributed by atoms with Crippen molar-refractivity contribution in [2.45, 2.75) is 32.8 Å². The molecule has 19 heavy (non-hydrogen) atoms. The Morgan fingerprint density at radius 2 is 1.95 bits per heavy atom. The summed E-state index contributed by atoms with van der Waals surface area (Å²) in [6, 6.07) is 6.70. The largest absolute Gasteiger partial charge is 0.481 e. The smallest absolute Gasteiger partial charge is 0.307 e. The Morgan fingerprint density at radius 3 is 2.47 bits per heavy atom. The SMILES string of the molecule is CCCNC(=O)C(C)Oc1ccc(CC(=O)O)cc1. The van der Waals surface area contributed by atoms with E-state index in [0.717, 1.165) is 6.42 Å². The fourth-order valence-corrected chi connectivity index (χ4v) is 1.51. The molecular formula is C14H19NO4. The minimum absolute atomic E-state index is 0.0210. The van der Waals surface area contributed by atoms with E-state index in [9.17, 15) is 9.59 Å². The van der Waals surface area contributed by atoms with Gasteiger partial charge in [0.15, 0.2) is 6.10 Å². The van der Waals surface area contributed by atoms with Crippen LogP contribution in [0, 0.1) is 0 Å². The highest BCUT2D eigenvalue weighted by Crippen LogP contribution is 2.14. The standard InChI is InChI=1S/C14H19NO4/c1-3-8-15-14(18)10(2)19-12-6-4-11(5-7-12)9-13(16)17/h4-7,10H,3,8-9H2,1-2H3,(H,15,18)(H,16,17). The summed E-state index contributed by atoms with van der Waals surface area (Å²) in [5, 5.41) is 11.4. The first-order chi connectivity index (χ1) is 9.02. The molecule has 0 spiro atoms. The van der Waals surface area contributed by atoms with Crippen LogP contribution >= 0.6 is 0 Å². The maximum atomic E-state index is 11.6. The number of carboxylic acids is 1. The molecule has 2 N–H and O–H groups in total. The summed E-state index contributed by atoms with van der Waals surface area (Å²) < 4.78 is 5.47. The number of benzene rings is 1. The van der Waals surface area contributed by atoms with Crippen molar-refractivity contribution in [3.8, 4) is 5.75 Å². The summed E-state index contributed by atoms with van der Waals surface area (Å²) >= 11 is 0. The number of carbonyl (C=O) groups is 2. The third-order valence-corrected chi connectivity index (χ3v) is 2.51. The monoisotopic (exact) mass is 265 g/mol. The molecule has 1 atom stereocenters. The fourth-order valence-electron chi connectivity index (χ4n) is 1.51. The molecule has 1 unspecified atom stereocenters. The van der Waals surface area contributed by atoms with Crippen LogP contribution in [0.15, 0.2) is 24.3 Å². The highest BCUT2D eigenvalue weighted by Gasteiger charge is 2.13. The van der Waals surface area contributed by atoms with E-state index in [0.29, 0.717) is 17.9 Å². The Balaban J connectivity index is 2.52. The van der Waals surface area contributed by atoms with Gasteiger partial charge < -0.3 is 15.2 Å². The molecule has 0 saturated heterocycles. The van der Waals surface area contributed by atoms with Crippen molar-refractivity contribution in [1.82, 2.24) is 5.32 Å². The molecule has 0 radical (unpaired) electrons. The van der Waals surface area contributed by atoms with E-state index in [4.69, 9.17) is 9.84 Å². The highest BCUT2D eigenvalue weighted by atomic mass is 16.5. The van der Waals surface area contributed by atoms with Crippen LogP contribution in [-0.2, 0) is 16.0 Å². The third-order valence-electron chi connectivity index (χ3n) is 2.51. The Bertz CT molecular complexity index is 428. The molecule has 0 aliphatic heterocycles. The summed E-state index contributed by atoms with van der Waals surface area (Å²) in [6.07, 6.45) is 0.284. The number of carboxylic acid groups (broad SMARTS) is 1. The molecule has 1 rings (SSSR count). The van der Waals surface area contributed by atoms with Gasteiger partial charge in [-0.15, -0.1) is 0 Å². The number of hydrogen-bond acceptors (Lipinski definition) is 3. The predicted molar refractivity (Wildman–Crippen MR) is 71.2 cm³/mol. The minimum atomic E-state index is -0.874. The molecule has 0 heterocycles. The van der Waals surface area contributed by atoms with Crippen molar-refractivity contribution < 1.29 is 19.4 Å². The van der Waals surface area contributed by atoms with Crippen LogP contribution in [0.25, 0.3) is 0 Å². The van der Waals surface area contributed by atoms with Crippen molar-refractivity contribution in [2.75, 3.05) is 6.54 Å². The minimum Gasteiger partial charge on any atom is -0.481 e. The molecule has 5 nitrogen and oxygen atoms in total. The average Bonchev–Trinajstić information content (AvgIpc) is 2.37. The molecule has 0 aliphatic carbocycles. The van der Waals surface area contributed by atoms with E-state index in [1.165, 1.54) is 0 Å². The van der Waals surface area contributed by atoms with Crippen molar-refractivity contribution >= 4 is 11.9 Å². The van der Waals surface area contributed by atoms with Crippen LogP contribution in [0.3, 0.4) is 0 Å². The summed E-state index contributed by atoms with van der Waals surface area (Å²) in [4.78, 5) is 22.1. The molecule has 0 saturated carbocycles. The zero-order valence-electron chi connectivity index (χ0n) is 11.2. The first kappa shape index (κ1) is 15.0. The average molecular weight is 265 g/mol. The van der Waals surface area contributed by atoms with Crippen molar-refractivity contribution in [3.05, 3.63) is 29.8 Å². The maximum absolute atomic E-state index is 11.6. The lowest BCUT2D eigenvalue weighted by Gasteiger charge is -2.14. The van der Waals surface area contributed by atoms with Crippen LogP contribution in [0.2, 0.25) is 0 Å². The van der Waals surface area contributed by atoms with E-state index in [1.54, 1.807) is 31.2 Å². The summed E-state index contributed by atoms with van der Waals surface area (Å²) in [7, 11) is 0. The predicted octanol–water partition coefficient (Wildman–Crippen LogP) is 1.61. The Labute approximate surface area is 112 Å². The highest BCUT2D eigenvalue weighted by molar-refractivity contribution is 5.80. The molecule has 5 heteroatoms. The Hall–Kier alpha value is -2.04. The van der Waals surface area contributed by atoms with Crippen LogP contribution in [0.4, 0.5) is 0 Å². The number of rotatable bonds is 7. The van der Waals surface area contributed by atoms with E-state index in [-0.39, 0.29) is 12.3 Å². The van der Waals surface area contributed by atoms with Gasteiger partial charge in [-0.05, 0) is 31.0 Å². The third kappa shape index (κ3) is 5.42. The molecule has 0 fully saturated rings. The van der Waals surface area contributed by atoms with Crippen molar-refractivity contribution in [1.29, 1.82) is 0 Å². The molecule has 1 aromatic carbocycles. The van der Waals surface area contributed by atoms with Gasteiger partial charge in [-0.25, -0.2) is 0 Å². The van der Waals surface area contributed by atoms with E-state index < -0.39 is 12.1 Å². The molecular weight excluding hydrogens is 246 g/mol. The number of carbonyl (C=O) groups excluding carboxylic acids is 1. The van der Waals surface area contributed by atoms with Gasteiger partial charge in [-0.3, -0.25) is 9.59 Å². The van der Waals surface area contributed by atoms with Gasteiger partial charge in [0.05, 0.1) is 6.42 Å². The fraction of sp³-hybridized carbons (Fsp3) is 0.429. The Kier molecular flexibility index (Phi) is 5.85. The molecule has 0 bridgehead atoms. The first-order valence-corrected chi connectivity index (χ1v) is 6.28. The normalized spacial score (nSPS) is 11.7. The summed E-state index contributed by atoms with van der Waals surface area (Å²) in [5.74, 6) is -0.481. The quantitative estimate of drug-likeness (QED) is 0.785. The van der Waals surface area contributed by atoms with E-state index in [2.05, 4.69) is 5.32 Å². The first-order valence-electron chi connectivity index (χ1n) is 6.28. The molecule has 104 valence electrons. The van der Waals surface area contributed by atoms with E-state index >= 15 is 0 Å². The molecule has 0 aliphatic rings. The number of hydrogen-bond donors (Lipinski definition) is 2. The molecule has 0 aromatic heterocycles. The van der Waals surface area contributed by atoms with Gasteiger partial charge >= 0.3 is 5.97 Å². The molecule has 1 aromatic rings. The lowest BCUT2D eigenvalue weighted by Crippen LogP contribution is -2.36. The topological polar surface area (TPSA) is 75.6 Å². The maximum Gasteiger partial charge on any atom is 0.307 e. The second kappa shape index (κ2) is 7.41. The van der Waals surface area contributed by atoms with Crippen LogP contribution < -0.4 is 10.1 Å². The second-order valence-corrected chi connectivity index (χ2v) is 4.27. The lowest BCUT2D eigenvalue weighted by atomic mass is 10.1. The summed E-state index contributed by atoms with van der Waals surface area (Å²) in [5.41, 5.74) is 0.697. The zero-order chi connectivity index (χ0) is 14.3. The number of aliphatic carboxylic acids is 1. The van der Waals surface area contributed by atoms with Gasteiger partial charge in [0, 0.05) is 6.54 Å². The van der Waals surface area contributed by atoms with Gasteiger partial charge in [0.1, 0.15) is 5.75 Å². The number of nitrogens with one attached hydrogen (secondary N) is 1. The van der Waals surface area contributed by atoms with Gasteiger partial charge in [-0.1, -0.05) is 19.1 Å². The summed E-state index contributed by atoms with van der Waals surface area (Å²) in [6.45, 7) is 4.28. The van der Waals surface area contributed by atoms with Crippen LogP contribution in [0.5, 0.6) is 5.75 Å². The Morgan fingerprint density at radius 1 is 1.32 bits per heavy atom. The van der Waals surface area contributed by atoms with Crippen molar-refractivity contribution in [3.63, 3.8) is 0 Å². The van der Waals surface area contributed by atoms with Gasteiger partial charge in [0.2, 0.25) is 0 Å². The van der Waals surface area contributed by atoms with Crippen LogP contribution in [0.1, 0.15) is 25.8 Å². The van der Waals surface area contributed by atoms with Gasteiger partial charge in [-0.2, -0.15) is 0 Å². The van der Waals surface area contributed by atoms with Crippen molar-refractivity contribution in [2.24, 2.45) is 0 Å². The van der Waals surface area contributed by atoms with Gasteiger partial charge in [0.25, 0.3) is 5.91 Å². The number of ether oxygens (including phenoxy) is 1. The zero-order valence-corrected chi connectivity index (χ0v) is 11.2. The second-order valence-electron chi connectivity index (χ2n) is 4.27. The van der Waals surface area contributed by atoms with E-state index in [1.807, 2.05) is 6.92 Å². The lowest BCUT2D eigenvalue weighted by molar-refractivity contribution is -0.136.